The van der Waals surface area contributed by atoms with Crippen molar-refractivity contribution in [2.45, 2.75) is 85.5 Å². The highest BCUT2D eigenvalue weighted by Crippen LogP contribution is 2.41. The molecule has 0 heterocycles. The van der Waals surface area contributed by atoms with Crippen molar-refractivity contribution in [3.8, 4) is 0 Å². The fourth-order valence-corrected chi connectivity index (χ4v) is 3.47. The Bertz CT molecular complexity index is 623. The van der Waals surface area contributed by atoms with Crippen LogP contribution in [0.2, 0.25) is 0 Å². The lowest BCUT2D eigenvalue weighted by Gasteiger charge is -2.35. The number of nitrogens with one attached hydrogen (secondary N) is 1. The quantitative estimate of drug-likeness (QED) is 0.757. The van der Waals surface area contributed by atoms with E-state index in [1.807, 2.05) is 0 Å². The topological polar surface area (TPSA) is 38.3 Å². The molecule has 0 spiro atoms. The maximum atomic E-state index is 12.9. The van der Waals surface area contributed by atoms with Gasteiger partial charge in [-0.2, -0.15) is 0 Å². The highest BCUT2D eigenvalue weighted by Gasteiger charge is 2.34. The van der Waals surface area contributed by atoms with E-state index in [-0.39, 0.29) is 22.2 Å². The molecular weight excluding hydrogens is 298 g/mol. The predicted octanol–water partition coefficient (Wildman–Crippen LogP) is 5.18. The number of carbonyl (C=O) groups is 1. The summed E-state index contributed by atoms with van der Waals surface area (Å²) in [4.78, 5) is 17.8. The Hall–Kier alpha value is -1.35. The van der Waals surface area contributed by atoms with Crippen LogP contribution in [0.15, 0.2) is 6.07 Å². The van der Waals surface area contributed by atoms with Gasteiger partial charge in [-0.25, -0.2) is 5.48 Å². The summed E-state index contributed by atoms with van der Waals surface area (Å²) in [7, 11) is 1.47. The minimum atomic E-state index is -0.170. The fraction of sp³-hybridized carbons (Fsp3) is 0.667. The Morgan fingerprint density at radius 2 is 1.33 bits per heavy atom. The monoisotopic (exact) mass is 333 g/mol. The highest BCUT2D eigenvalue weighted by molar-refractivity contribution is 5.98. The van der Waals surface area contributed by atoms with Crippen LogP contribution in [-0.2, 0) is 21.1 Å². The van der Waals surface area contributed by atoms with Crippen LogP contribution in [0.25, 0.3) is 0 Å². The molecule has 24 heavy (non-hydrogen) atoms. The molecule has 1 rings (SSSR count). The molecule has 136 valence electrons. The number of amides is 1. The van der Waals surface area contributed by atoms with Crippen LogP contribution in [0.1, 0.15) is 94.9 Å². The van der Waals surface area contributed by atoms with Gasteiger partial charge in [0.2, 0.25) is 0 Å². The van der Waals surface area contributed by atoms with E-state index >= 15 is 0 Å². The molecule has 0 aromatic heterocycles. The number of benzene rings is 1. The number of hydroxylamine groups is 1. The third-order valence-electron chi connectivity index (χ3n) is 4.37. The van der Waals surface area contributed by atoms with Gasteiger partial charge in [0.05, 0.1) is 7.11 Å². The maximum Gasteiger partial charge on any atom is 0.275 e. The van der Waals surface area contributed by atoms with Gasteiger partial charge < -0.3 is 0 Å². The number of carbonyl (C=O) groups excluding carboxylic acids is 1. The first-order valence-electron chi connectivity index (χ1n) is 8.64. The van der Waals surface area contributed by atoms with Crippen molar-refractivity contribution in [1.29, 1.82) is 0 Å². The van der Waals surface area contributed by atoms with Crippen LogP contribution < -0.4 is 5.48 Å². The summed E-state index contributed by atoms with van der Waals surface area (Å²) >= 11 is 0. The lowest BCUT2D eigenvalue weighted by Crippen LogP contribution is -2.33. The van der Waals surface area contributed by atoms with Crippen molar-refractivity contribution < 1.29 is 9.63 Å². The summed E-state index contributed by atoms with van der Waals surface area (Å²) in [5.74, 6) is -0.170. The third-order valence-corrected chi connectivity index (χ3v) is 4.37. The molecule has 0 unspecified atom stereocenters. The molecule has 1 aromatic carbocycles. The van der Waals surface area contributed by atoms with Gasteiger partial charge in [-0.1, -0.05) is 68.4 Å². The summed E-state index contributed by atoms with van der Waals surface area (Å²) < 4.78 is 0. The van der Waals surface area contributed by atoms with Crippen LogP contribution in [0.4, 0.5) is 0 Å². The van der Waals surface area contributed by atoms with Gasteiger partial charge in [-0.15, -0.1) is 0 Å². The summed E-state index contributed by atoms with van der Waals surface area (Å²) in [5, 5.41) is 0. The minimum absolute atomic E-state index is 0.0142. The Kier molecular flexibility index (Phi) is 5.62. The summed E-state index contributed by atoms with van der Waals surface area (Å²) in [6, 6.07) is 2.22. The molecule has 0 atom stereocenters. The minimum Gasteiger partial charge on any atom is -0.277 e. The average Bonchev–Trinajstić information content (AvgIpc) is 2.33. The molecule has 0 radical (unpaired) electrons. The molecule has 0 aliphatic carbocycles. The third kappa shape index (κ3) is 4.18. The second-order valence-corrected chi connectivity index (χ2v) is 9.73. The van der Waals surface area contributed by atoms with E-state index in [0.717, 1.165) is 16.7 Å². The molecule has 0 fully saturated rings. The molecule has 3 heteroatoms. The van der Waals surface area contributed by atoms with Crippen LogP contribution in [0, 0.1) is 6.92 Å². The first-order valence-corrected chi connectivity index (χ1v) is 8.64. The zero-order valence-electron chi connectivity index (χ0n) is 17.4. The van der Waals surface area contributed by atoms with Gasteiger partial charge in [0.25, 0.3) is 5.91 Å². The van der Waals surface area contributed by atoms with E-state index in [0.29, 0.717) is 0 Å². The smallest absolute Gasteiger partial charge is 0.275 e. The normalized spacial score (nSPS) is 13.1. The molecule has 0 saturated heterocycles. The second kappa shape index (κ2) is 6.51. The van der Waals surface area contributed by atoms with Gasteiger partial charge >= 0.3 is 0 Å². The highest BCUT2D eigenvalue weighted by atomic mass is 16.6. The van der Waals surface area contributed by atoms with Crippen molar-refractivity contribution in [2.75, 3.05) is 7.11 Å². The average molecular weight is 334 g/mol. The lowest BCUT2D eigenvalue weighted by molar-refractivity contribution is 0.0533. The van der Waals surface area contributed by atoms with Crippen molar-refractivity contribution in [2.24, 2.45) is 0 Å². The van der Waals surface area contributed by atoms with E-state index in [1.165, 1.54) is 18.2 Å². The van der Waals surface area contributed by atoms with Crippen molar-refractivity contribution >= 4 is 5.91 Å². The van der Waals surface area contributed by atoms with Crippen molar-refractivity contribution in [1.82, 2.24) is 5.48 Å². The molecule has 1 N–H and O–H groups in total. The molecule has 3 nitrogen and oxygen atoms in total. The van der Waals surface area contributed by atoms with E-state index in [9.17, 15) is 4.79 Å². The Morgan fingerprint density at radius 3 is 1.67 bits per heavy atom. The SMILES string of the molecule is CONC(=O)c1c(C(C)(C)C)cc(C(C)(C)C)c(C)c1C(C)(C)C. The number of hydrogen-bond acceptors (Lipinski definition) is 2. The molecule has 1 amide bonds. The van der Waals surface area contributed by atoms with Crippen LogP contribution >= 0.6 is 0 Å². The maximum absolute atomic E-state index is 12.9. The second-order valence-electron chi connectivity index (χ2n) is 9.73. The first kappa shape index (κ1) is 20.7. The lowest BCUT2D eigenvalue weighted by atomic mass is 9.69. The van der Waals surface area contributed by atoms with E-state index in [1.54, 1.807) is 0 Å². The molecule has 0 saturated carbocycles. The summed E-state index contributed by atoms with van der Waals surface area (Å²) in [5.41, 5.74) is 7.68. The zero-order valence-corrected chi connectivity index (χ0v) is 17.4. The first-order chi connectivity index (χ1) is 10.6. The predicted molar refractivity (Wildman–Crippen MR) is 102 cm³/mol. The van der Waals surface area contributed by atoms with Gasteiger partial charge in [-0.3, -0.25) is 9.63 Å². The van der Waals surface area contributed by atoms with Crippen molar-refractivity contribution in [3.05, 3.63) is 33.9 Å². The van der Waals surface area contributed by atoms with E-state index in [2.05, 4.69) is 80.8 Å². The standard InChI is InChI=1S/C21H35NO2/c1-13-14(19(2,3)4)12-15(20(5,6)7)16(18(23)22-24-11)17(13)21(8,9)10/h12H,1-11H3,(H,22,23). The van der Waals surface area contributed by atoms with Gasteiger partial charge in [0.1, 0.15) is 0 Å². The van der Waals surface area contributed by atoms with Crippen molar-refractivity contribution in [3.63, 3.8) is 0 Å². The summed E-state index contributed by atoms with van der Waals surface area (Å²) in [6.45, 7) is 21.8. The molecular formula is C21H35NO2. The molecule has 0 aliphatic heterocycles. The Morgan fingerprint density at radius 1 is 0.875 bits per heavy atom. The van der Waals surface area contributed by atoms with E-state index in [4.69, 9.17) is 4.84 Å². The van der Waals surface area contributed by atoms with Gasteiger partial charge in [-0.05, 0) is 45.4 Å². The van der Waals surface area contributed by atoms with Crippen LogP contribution in [0.5, 0.6) is 0 Å². The Balaban J connectivity index is 4.03. The van der Waals surface area contributed by atoms with Gasteiger partial charge in [0.15, 0.2) is 0 Å². The zero-order chi connectivity index (χ0) is 19.1. The summed E-state index contributed by atoms with van der Waals surface area (Å²) in [6.07, 6.45) is 0. The molecule has 0 aliphatic rings. The van der Waals surface area contributed by atoms with Gasteiger partial charge in [0, 0.05) is 5.56 Å². The van der Waals surface area contributed by atoms with Crippen LogP contribution in [0.3, 0.4) is 0 Å². The van der Waals surface area contributed by atoms with E-state index < -0.39 is 0 Å². The number of rotatable bonds is 2. The van der Waals surface area contributed by atoms with Crippen LogP contribution in [-0.4, -0.2) is 13.0 Å². The molecule has 1 aromatic rings. The molecule has 0 bridgehead atoms. The number of hydrogen-bond donors (Lipinski definition) is 1. The largest absolute Gasteiger partial charge is 0.277 e. The Labute approximate surface area is 148 Å². The fourth-order valence-electron chi connectivity index (χ4n) is 3.47.